The zero-order chi connectivity index (χ0) is 18.7. The molecule has 0 fully saturated rings. The Kier molecular flexibility index (Phi) is 5.52. The maximum absolute atomic E-state index is 8.89. The molecule has 5 nitrogen and oxygen atoms in total. The molecule has 0 bridgehead atoms. The standard InChI is InChI=1S/C19H18ClN5S/c1-14-3-9-17(10-4-14)25-18(15-5-7-16(20)8-6-15)22-24(19(25)26)13-23(2)12-11-21/h3-10H,12-13H2,1-2H3. The van der Waals surface area contributed by atoms with Crippen LogP contribution in [0.5, 0.6) is 0 Å². The Bertz CT molecular complexity index is 996. The molecule has 1 aromatic heterocycles. The number of hydrogen-bond donors (Lipinski definition) is 0. The van der Waals surface area contributed by atoms with Crippen molar-refractivity contribution in [2.45, 2.75) is 13.6 Å². The average Bonchev–Trinajstić information content (AvgIpc) is 2.93. The van der Waals surface area contributed by atoms with Crippen molar-refractivity contribution in [1.82, 2.24) is 19.2 Å². The van der Waals surface area contributed by atoms with E-state index in [1.165, 1.54) is 5.56 Å². The maximum atomic E-state index is 8.89. The highest BCUT2D eigenvalue weighted by Gasteiger charge is 2.15. The number of halogens is 1. The minimum absolute atomic E-state index is 0.301. The van der Waals surface area contributed by atoms with Crippen LogP contribution in [0.15, 0.2) is 48.5 Å². The summed E-state index contributed by atoms with van der Waals surface area (Å²) in [5, 5.41) is 14.3. The average molecular weight is 384 g/mol. The van der Waals surface area contributed by atoms with Crippen LogP contribution < -0.4 is 0 Å². The molecule has 1 heterocycles. The second-order valence-corrected chi connectivity index (χ2v) is 6.90. The summed E-state index contributed by atoms with van der Waals surface area (Å²) in [6.07, 6.45) is 0. The van der Waals surface area contributed by atoms with Crippen LogP contribution in [0.4, 0.5) is 0 Å². The summed E-state index contributed by atoms with van der Waals surface area (Å²) < 4.78 is 4.25. The molecule has 0 saturated carbocycles. The van der Waals surface area contributed by atoms with Crippen molar-refractivity contribution >= 4 is 23.8 Å². The zero-order valence-electron chi connectivity index (χ0n) is 14.6. The van der Waals surface area contributed by atoms with Crippen LogP contribution in [0.2, 0.25) is 5.02 Å². The van der Waals surface area contributed by atoms with Gasteiger partial charge in [-0.2, -0.15) is 5.26 Å². The molecular weight excluding hydrogens is 366 g/mol. The van der Waals surface area contributed by atoms with E-state index >= 15 is 0 Å². The van der Waals surface area contributed by atoms with E-state index < -0.39 is 0 Å². The second-order valence-electron chi connectivity index (χ2n) is 6.10. The molecule has 2 aromatic carbocycles. The molecule has 0 aliphatic heterocycles. The van der Waals surface area contributed by atoms with Gasteiger partial charge in [-0.15, -0.1) is 5.10 Å². The van der Waals surface area contributed by atoms with E-state index in [1.54, 1.807) is 4.68 Å². The van der Waals surface area contributed by atoms with Crippen LogP contribution in [0.3, 0.4) is 0 Å². The Morgan fingerprint density at radius 3 is 2.42 bits per heavy atom. The van der Waals surface area contributed by atoms with E-state index in [1.807, 2.05) is 72.0 Å². The lowest BCUT2D eigenvalue weighted by molar-refractivity contribution is 0.280. The summed E-state index contributed by atoms with van der Waals surface area (Å²) in [6.45, 7) is 2.78. The fourth-order valence-electron chi connectivity index (χ4n) is 2.61. The molecule has 0 saturated heterocycles. The van der Waals surface area contributed by atoms with Crippen LogP contribution in [0.1, 0.15) is 5.56 Å². The Hall–Kier alpha value is -2.46. The van der Waals surface area contributed by atoms with Gasteiger partial charge in [0.25, 0.3) is 0 Å². The van der Waals surface area contributed by atoms with E-state index in [9.17, 15) is 0 Å². The fraction of sp³-hybridized carbons (Fsp3) is 0.211. The van der Waals surface area contributed by atoms with Crippen molar-refractivity contribution in [2.75, 3.05) is 13.6 Å². The lowest BCUT2D eigenvalue weighted by Gasteiger charge is -2.11. The summed E-state index contributed by atoms with van der Waals surface area (Å²) in [5.74, 6) is 0.737. The Labute approximate surface area is 162 Å². The van der Waals surface area contributed by atoms with Gasteiger partial charge in [-0.3, -0.25) is 9.47 Å². The highest BCUT2D eigenvalue weighted by molar-refractivity contribution is 7.71. The lowest BCUT2D eigenvalue weighted by atomic mass is 10.2. The molecule has 0 aliphatic carbocycles. The number of aryl methyl sites for hydroxylation is 1. The number of benzene rings is 2. The number of rotatable bonds is 5. The maximum Gasteiger partial charge on any atom is 0.204 e. The van der Waals surface area contributed by atoms with E-state index in [-0.39, 0.29) is 0 Å². The molecule has 0 aliphatic rings. The van der Waals surface area contributed by atoms with Crippen molar-refractivity contribution in [2.24, 2.45) is 0 Å². The lowest BCUT2D eigenvalue weighted by Crippen LogP contribution is -2.23. The fourth-order valence-corrected chi connectivity index (χ4v) is 3.03. The van der Waals surface area contributed by atoms with Gasteiger partial charge in [0.2, 0.25) is 4.77 Å². The quantitative estimate of drug-likeness (QED) is 0.482. The van der Waals surface area contributed by atoms with Crippen LogP contribution >= 0.6 is 23.8 Å². The highest BCUT2D eigenvalue weighted by atomic mass is 35.5. The van der Waals surface area contributed by atoms with Crippen LogP contribution in [-0.2, 0) is 6.67 Å². The van der Waals surface area contributed by atoms with Gasteiger partial charge in [0.05, 0.1) is 19.3 Å². The minimum Gasteiger partial charge on any atom is -0.274 e. The summed E-state index contributed by atoms with van der Waals surface area (Å²) in [7, 11) is 1.86. The number of hydrogen-bond acceptors (Lipinski definition) is 4. The van der Waals surface area contributed by atoms with Crippen molar-refractivity contribution in [3.05, 3.63) is 63.9 Å². The monoisotopic (exact) mass is 383 g/mol. The summed E-state index contributed by atoms with van der Waals surface area (Å²) in [5.41, 5.74) is 3.04. The van der Waals surface area contributed by atoms with Crippen LogP contribution in [0, 0.1) is 23.0 Å². The summed E-state index contributed by atoms with van der Waals surface area (Å²) in [4.78, 5) is 1.86. The van der Waals surface area contributed by atoms with Gasteiger partial charge < -0.3 is 0 Å². The first-order valence-electron chi connectivity index (χ1n) is 8.08. The molecule has 0 unspecified atom stereocenters. The molecule has 0 radical (unpaired) electrons. The molecule has 0 N–H and O–H groups in total. The highest BCUT2D eigenvalue weighted by Crippen LogP contribution is 2.24. The van der Waals surface area contributed by atoms with Gasteiger partial charge >= 0.3 is 0 Å². The van der Waals surface area contributed by atoms with Gasteiger partial charge in [-0.05, 0) is 62.6 Å². The SMILES string of the molecule is Cc1ccc(-n2c(-c3ccc(Cl)cc3)nn(CN(C)CC#N)c2=S)cc1. The Balaban J connectivity index is 2.14. The van der Waals surface area contributed by atoms with Crippen molar-refractivity contribution < 1.29 is 0 Å². The smallest absolute Gasteiger partial charge is 0.204 e. The van der Waals surface area contributed by atoms with E-state index in [2.05, 4.69) is 6.07 Å². The zero-order valence-corrected chi connectivity index (χ0v) is 16.1. The molecule has 0 amide bonds. The topological polar surface area (TPSA) is 49.8 Å². The van der Waals surface area contributed by atoms with E-state index in [0.717, 1.165) is 17.1 Å². The minimum atomic E-state index is 0.301. The predicted octanol–water partition coefficient (Wildman–Crippen LogP) is 4.44. The van der Waals surface area contributed by atoms with E-state index in [0.29, 0.717) is 23.0 Å². The van der Waals surface area contributed by atoms with Gasteiger partial charge in [-0.1, -0.05) is 29.3 Å². The van der Waals surface area contributed by atoms with Gasteiger partial charge in [0.15, 0.2) is 5.82 Å². The number of aromatic nitrogens is 3. The largest absolute Gasteiger partial charge is 0.274 e. The molecule has 0 atom stereocenters. The van der Waals surface area contributed by atoms with Crippen molar-refractivity contribution in [3.63, 3.8) is 0 Å². The first-order chi connectivity index (χ1) is 12.5. The molecule has 3 rings (SSSR count). The third-order valence-electron chi connectivity index (χ3n) is 3.95. The Morgan fingerprint density at radius 1 is 1.15 bits per heavy atom. The summed E-state index contributed by atoms with van der Waals surface area (Å²) in [6, 6.07) is 17.8. The number of nitrogens with zero attached hydrogens (tertiary/aromatic N) is 5. The van der Waals surface area contributed by atoms with Crippen molar-refractivity contribution in [1.29, 1.82) is 5.26 Å². The van der Waals surface area contributed by atoms with Crippen LogP contribution in [-0.4, -0.2) is 32.8 Å². The van der Waals surface area contributed by atoms with Gasteiger partial charge in [-0.25, -0.2) is 4.68 Å². The molecular formula is C19H18ClN5S. The molecule has 132 valence electrons. The van der Waals surface area contributed by atoms with E-state index in [4.69, 9.17) is 34.2 Å². The Morgan fingerprint density at radius 2 is 1.81 bits per heavy atom. The van der Waals surface area contributed by atoms with Gasteiger partial charge in [0.1, 0.15) is 0 Å². The summed E-state index contributed by atoms with van der Waals surface area (Å²) >= 11 is 11.7. The predicted molar refractivity (Wildman–Crippen MR) is 106 cm³/mol. The van der Waals surface area contributed by atoms with Crippen LogP contribution in [0.25, 0.3) is 17.1 Å². The number of nitriles is 1. The van der Waals surface area contributed by atoms with Crippen molar-refractivity contribution in [3.8, 4) is 23.1 Å². The normalized spacial score (nSPS) is 10.9. The third-order valence-corrected chi connectivity index (χ3v) is 4.60. The molecule has 26 heavy (non-hydrogen) atoms. The molecule has 3 aromatic rings. The second kappa shape index (κ2) is 7.83. The third kappa shape index (κ3) is 3.86. The molecule has 0 spiro atoms. The van der Waals surface area contributed by atoms with Gasteiger partial charge in [0, 0.05) is 16.3 Å². The first kappa shape index (κ1) is 18.3. The molecule has 7 heteroatoms. The first-order valence-corrected chi connectivity index (χ1v) is 8.86.